The molecule has 0 spiro atoms. The van der Waals surface area contributed by atoms with E-state index in [0.29, 0.717) is 10.6 Å². The van der Waals surface area contributed by atoms with Gasteiger partial charge in [0.05, 0.1) is 11.0 Å². The molecule has 21 heavy (non-hydrogen) atoms. The Morgan fingerprint density at radius 2 is 2.05 bits per heavy atom. The van der Waals surface area contributed by atoms with Crippen LogP contribution in [-0.2, 0) is 0 Å². The molecule has 108 valence electrons. The number of halogens is 2. The van der Waals surface area contributed by atoms with E-state index in [1.165, 1.54) is 6.07 Å². The molecule has 7 heteroatoms. The Kier molecular flexibility index (Phi) is 4.49. The maximum absolute atomic E-state index is 13.0. The molecule has 0 atom stereocenters. The van der Waals surface area contributed by atoms with Crippen LogP contribution in [0.3, 0.4) is 0 Å². The Labute approximate surface area is 124 Å². The minimum atomic E-state index is -0.776. The van der Waals surface area contributed by atoms with E-state index in [4.69, 9.17) is 16.3 Å². The summed E-state index contributed by atoms with van der Waals surface area (Å²) in [6.07, 6.45) is 0. The Balaban J connectivity index is 2.13. The maximum Gasteiger partial charge on any atom is 0.313 e. The molecule has 0 heterocycles. The molecule has 0 fully saturated rings. The van der Waals surface area contributed by atoms with Gasteiger partial charge in [0.2, 0.25) is 0 Å². The van der Waals surface area contributed by atoms with Crippen molar-refractivity contribution in [3.8, 4) is 5.75 Å². The van der Waals surface area contributed by atoms with Crippen molar-refractivity contribution in [2.45, 2.75) is 0 Å². The van der Waals surface area contributed by atoms with Crippen molar-refractivity contribution in [2.24, 2.45) is 0 Å². The number of rotatable bonds is 5. The molecular formula is C14H9ClFNO4. The van der Waals surface area contributed by atoms with Gasteiger partial charge in [0.1, 0.15) is 5.82 Å². The number of benzene rings is 2. The van der Waals surface area contributed by atoms with Gasteiger partial charge < -0.3 is 4.74 Å². The minimum absolute atomic E-state index is 0.170. The van der Waals surface area contributed by atoms with Crippen molar-refractivity contribution < 1.29 is 18.8 Å². The lowest BCUT2D eigenvalue weighted by Gasteiger charge is -2.06. The zero-order chi connectivity index (χ0) is 15.4. The fourth-order valence-electron chi connectivity index (χ4n) is 1.64. The second-order valence-electron chi connectivity index (χ2n) is 4.09. The van der Waals surface area contributed by atoms with Crippen molar-refractivity contribution in [1.82, 2.24) is 0 Å². The molecule has 0 aliphatic carbocycles. The van der Waals surface area contributed by atoms with Gasteiger partial charge in [-0.05, 0) is 24.3 Å². The van der Waals surface area contributed by atoms with Crippen LogP contribution in [0.2, 0.25) is 5.02 Å². The molecule has 5 nitrogen and oxygen atoms in total. The average molecular weight is 310 g/mol. The summed E-state index contributed by atoms with van der Waals surface area (Å²) in [5.41, 5.74) is -0.207. The highest BCUT2D eigenvalue weighted by atomic mass is 35.5. The molecule has 0 amide bonds. The van der Waals surface area contributed by atoms with Gasteiger partial charge in [-0.15, -0.1) is 0 Å². The summed E-state index contributed by atoms with van der Waals surface area (Å²) in [6.45, 7) is -0.410. The first kappa shape index (κ1) is 14.9. The van der Waals surface area contributed by atoms with Crippen LogP contribution in [0.5, 0.6) is 5.75 Å². The second-order valence-corrected chi connectivity index (χ2v) is 4.53. The minimum Gasteiger partial charge on any atom is -0.478 e. The molecular weight excluding hydrogens is 301 g/mol. The summed E-state index contributed by atoms with van der Waals surface area (Å²) >= 11 is 5.77. The summed E-state index contributed by atoms with van der Waals surface area (Å²) in [7, 11) is 0. The number of Topliss-reactive ketones (excluding diaryl/α,β-unsaturated/α-hetero) is 1. The Hall–Kier alpha value is -2.47. The van der Waals surface area contributed by atoms with Gasteiger partial charge in [-0.2, -0.15) is 0 Å². The first-order chi connectivity index (χ1) is 9.97. The van der Waals surface area contributed by atoms with Gasteiger partial charge in [-0.1, -0.05) is 23.7 Å². The normalized spacial score (nSPS) is 10.2. The van der Waals surface area contributed by atoms with Gasteiger partial charge in [-0.3, -0.25) is 14.9 Å². The van der Waals surface area contributed by atoms with Gasteiger partial charge in [-0.25, -0.2) is 4.39 Å². The number of hydrogen-bond donors (Lipinski definition) is 0. The van der Waals surface area contributed by atoms with E-state index < -0.39 is 28.8 Å². The summed E-state index contributed by atoms with van der Waals surface area (Å²) in [6, 6.07) is 9.10. The number of nitro benzene ring substituents is 1. The van der Waals surface area contributed by atoms with E-state index in [1.807, 2.05) is 0 Å². The zero-order valence-corrected chi connectivity index (χ0v) is 11.3. The highest BCUT2D eigenvalue weighted by Crippen LogP contribution is 2.27. The van der Waals surface area contributed by atoms with E-state index in [2.05, 4.69) is 0 Å². The number of ketones is 1. The standard InChI is InChI=1S/C14H9ClFNO4/c15-10-3-1-2-9(6-10)13(18)8-21-14-5-4-11(16)7-12(14)17(19)20/h1-7H,8H2. The SMILES string of the molecule is O=C(COc1ccc(F)cc1[N+](=O)[O-])c1cccc(Cl)c1. The molecule has 0 aliphatic heterocycles. The molecule has 0 saturated heterocycles. The Bertz CT molecular complexity index is 705. The van der Waals surface area contributed by atoms with Crippen LogP contribution in [0.1, 0.15) is 10.4 Å². The van der Waals surface area contributed by atoms with Crippen LogP contribution >= 0.6 is 11.6 Å². The van der Waals surface area contributed by atoms with E-state index >= 15 is 0 Å². The third-order valence-corrected chi connectivity index (χ3v) is 2.86. The van der Waals surface area contributed by atoms with Crippen molar-refractivity contribution in [3.63, 3.8) is 0 Å². The first-order valence-electron chi connectivity index (χ1n) is 5.83. The third-order valence-electron chi connectivity index (χ3n) is 2.62. The Morgan fingerprint density at radius 3 is 2.71 bits per heavy atom. The lowest BCUT2D eigenvalue weighted by atomic mass is 10.1. The fourth-order valence-corrected chi connectivity index (χ4v) is 1.83. The second kappa shape index (κ2) is 6.32. The topological polar surface area (TPSA) is 69.4 Å². The number of ether oxygens (including phenoxy) is 1. The van der Waals surface area contributed by atoms with Crippen molar-refractivity contribution >= 4 is 23.1 Å². The highest BCUT2D eigenvalue weighted by molar-refractivity contribution is 6.31. The third kappa shape index (κ3) is 3.76. The summed E-state index contributed by atoms with van der Waals surface area (Å²) in [4.78, 5) is 21.9. The van der Waals surface area contributed by atoms with Gasteiger partial charge in [0.15, 0.2) is 18.1 Å². The smallest absolute Gasteiger partial charge is 0.313 e. The van der Waals surface area contributed by atoms with Crippen LogP contribution in [0.4, 0.5) is 10.1 Å². The van der Waals surface area contributed by atoms with Gasteiger partial charge in [0.25, 0.3) is 0 Å². The molecule has 0 radical (unpaired) electrons. The Morgan fingerprint density at radius 1 is 1.29 bits per heavy atom. The maximum atomic E-state index is 13.0. The first-order valence-corrected chi connectivity index (χ1v) is 6.20. The van der Waals surface area contributed by atoms with Crippen LogP contribution in [-0.4, -0.2) is 17.3 Å². The number of nitrogens with zero attached hydrogens (tertiary/aromatic N) is 1. The zero-order valence-electron chi connectivity index (χ0n) is 10.6. The monoisotopic (exact) mass is 309 g/mol. The van der Waals surface area contributed by atoms with E-state index in [-0.39, 0.29) is 5.75 Å². The number of hydrogen-bond acceptors (Lipinski definition) is 4. The molecule has 2 aromatic rings. The largest absolute Gasteiger partial charge is 0.478 e. The molecule has 0 unspecified atom stereocenters. The molecule has 0 bridgehead atoms. The quantitative estimate of drug-likeness (QED) is 0.480. The van der Waals surface area contributed by atoms with E-state index in [9.17, 15) is 19.3 Å². The van der Waals surface area contributed by atoms with Crippen LogP contribution in [0.15, 0.2) is 42.5 Å². The average Bonchev–Trinajstić information content (AvgIpc) is 2.45. The number of carbonyl (C=O) groups is 1. The number of nitro groups is 1. The van der Waals surface area contributed by atoms with Crippen LogP contribution < -0.4 is 4.74 Å². The van der Waals surface area contributed by atoms with Crippen LogP contribution in [0, 0.1) is 15.9 Å². The van der Waals surface area contributed by atoms with Crippen molar-refractivity contribution in [3.05, 3.63) is 69.0 Å². The lowest BCUT2D eigenvalue weighted by Crippen LogP contribution is -2.12. The van der Waals surface area contributed by atoms with Gasteiger partial charge >= 0.3 is 5.69 Å². The molecule has 2 rings (SSSR count). The fraction of sp³-hybridized carbons (Fsp3) is 0.0714. The molecule has 0 N–H and O–H groups in total. The summed E-state index contributed by atoms with van der Waals surface area (Å²) < 4.78 is 18.1. The molecule has 0 aliphatic rings. The molecule has 0 saturated carbocycles. The van der Waals surface area contributed by atoms with E-state index in [1.54, 1.807) is 18.2 Å². The predicted octanol–water partition coefficient (Wildman–Crippen LogP) is 3.65. The summed E-state index contributed by atoms with van der Waals surface area (Å²) in [5.74, 6) is -1.32. The number of carbonyl (C=O) groups excluding carboxylic acids is 1. The van der Waals surface area contributed by atoms with Crippen molar-refractivity contribution in [2.75, 3.05) is 6.61 Å². The summed E-state index contributed by atoms with van der Waals surface area (Å²) in [5, 5.41) is 11.2. The predicted molar refractivity (Wildman–Crippen MR) is 74.3 cm³/mol. The highest BCUT2D eigenvalue weighted by Gasteiger charge is 2.17. The van der Waals surface area contributed by atoms with E-state index in [0.717, 1.165) is 18.2 Å². The van der Waals surface area contributed by atoms with Gasteiger partial charge in [0, 0.05) is 10.6 Å². The molecule has 0 aromatic heterocycles. The van der Waals surface area contributed by atoms with Crippen molar-refractivity contribution in [1.29, 1.82) is 0 Å². The lowest BCUT2D eigenvalue weighted by molar-refractivity contribution is -0.386. The van der Waals surface area contributed by atoms with Crippen LogP contribution in [0.25, 0.3) is 0 Å². The molecule has 2 aromatic carbocycles.